The Kier molecular flexibility index (Phi) is 4.88. The van der Waals surface area contributed by atoms with E-state index in [2.05, 4.69) is 5.32 Å². The second-order valence-corrected chi connectivity index (χ2v) is 5.11. The van der Waals surface area contributed by atoms with Crippen LogP contribution in [0.2, 0.25) is 5.02 Å². The first kappa shape index (κ1) is 15.4. The van der Waals surface area contributed by atoms with Gasteiger partial charge in [-0.3, -0.25) is 10.1 Å². The molecule has 2 aromatic rings. The lowest BCUT2D eigenvalue weighted by Gasteiger charge is -2.14. The van der Waals surface area contributed by atoms with Crippen LogP contribution in [-0.4, -0.2) is 4.92 Å². The molecule has 0 saturated heterocycles. The Bertz CT molecular complexity index is 664. The first-order chi connectivity index (χ1) is 9.97. The summed E-state index contributed by atoms with van der Waals surface area (Å²) in [5, 5.41) is 14.1. The summed E-state index contributed by atoms with van der Waals surface area (Å²) in [5.74, 6) is -0.289. The summed E-state index contributed by atoms with van der Waals surface area (Å²) in [4.78, 5) is 10.3. The quantitative estimate of drug-likeness (QED) is 0.664. The molecule has 2 aromatic carbocycles. The van der Waals surface area contributed by atoms with Crippen molar-refractivity contribution in [1.29, 1.82) is 0 Å². The molecular weight excluding hydrogens is 295 g/mol. The van der Waals surface area contributed by atoms with Gasteiger partial charge in [-0.25, -0.2) is 4.39 Å². The van der Waals surface area contributed by atoms with Crippen LogP contribution in [0, 0.1) is 15.9 Å². The van der Waals surface area contributed by atoms with Crippen LogP contribution < -0.4 is 5.32 Å². The number of rotatable bonds is 5. The molecule has 110 valence electrons. The van der Waals surface area contributed by atoms with Crippen LogP contribution in [0.15, 0.2) is 42.5 Å². The Hall–Kier alpha value is -1.98. The minimum absolute atomic E-state index is 0.0737. The van der Waals surface area contributed by atoms with Crippen molar-refractivity contribution in [3.8, 4) is 0 Å². The van der Waals surface area contributed by atoms with E-state index in [0.717, 1.165) is 11.1 Å². The topological polar surface area (TPSA) is 55.2 Å². The van der Waals surface area contributed by atoms with Crippen LogP contribution in [0.4, 0.5) is 10.1 Å². The molecule has 0 heterocycles. The van der Waals surface area contributed by atoms with E-state index in [4.69, 9.17) is 11.6 Å². The van der Waals surface area contributed by atoms with Crippen LogP contribution in [-0.2, 0) is 6.54 Å². The molecule has 21 heavy (non-hydrogen) atoms. The number of nitro benzene ring substituents is 1. The number of nitrogens with one attached hydrogen (secondary N) is 1. The van der Waals surface area contributed by atoms with Crippen LogP contribution >= 0.6 is 11.6 Å². The maximum atomic E-state index is 13.2. The van der Waals surface area contributed by atoms with E-state index in [1.807, 2.05) is 13.0 Å². The molecule has 1 N–H and O–H groups in total. The highest BCUT2D eigenvalue weighted by Crippen LogP contribution is 2.25. The zero-order valence-corrected chi connectivity index (χ0v) is 12.1. The fraction of sp³-hybridized carbons (Fsp3) is 0.200. The Morgan fingerprint density at radius 3 is 2.76 bits per heavy atom. The molecule has 0 aliphatic rings. The van der Waals surface area contributed by atoms with Gasteiger partial charge in [0.25, 0.3) is 5.69 Å². The number of hydrogen-bond donors (Lipinski definition) is 1. The molecule has 4 nitrogen and oxygen atoms in total. The van der Waals surface area contributed by atoms with E-state index < -0.39 is 4.92 Å². The summed E-state index contributed by atoms with van der Waals surface area (Å²) < 4.78 is 13.2. The van der Waals surface area contributed by atoms with Crippen molar-refractivity contribution in [2.45, 2.75) is 19.5 Å². The molecule has 0 fully saturated rings. The predicted octanol–water partition coefficient (Wildman–Crippen LogP) is 4.24. The van der Waals surface area contributed by atoms with Crippen LogP contribution in [0.1, 0.15) is 24.1 Å². The average molecular weight is 309 g/mol. The molecular formula is C15H14ClFN2O2. The van der Waals surface area contributed by atoms with E-state index in [0.29, 0.717) is 6.54 Å². The monoisotopic (exact) mass is 308 g/mol. The van der Waals surface area contributed by atoms with Gasteiger partial charge in [0.15, 0.2) is 0 Å². The zero-order valence-electron chi connectivity index (χ0n) is 11.3. The van der Waals surface area contributed by atoms with Gasteiger partial charge in [0.1, 0.15) is 10.8 Å². The van der Waals surface area contributed by atoms with E-state index in [1.165, 1.54) is 24.3 Å². The third-order valence-corrected chi connectivity index (χ3v) is 3.49. The maximum absolute atomic E-state index is 13.2. The standard InChI is InChI=1S/C15H14ClFN2O2/c1-10(12-3-2-4-13(17)8-12)18-9-11-5-6-14(16)15(7-11)19(20)21/h2-8,10,18H,9H2,1H3/t10-/m1/s1. The highest BCUT2D eigenvalue weighted by atomic mass is 35.5. The summed E-state index contributed by atoms with van der Waals surface area (Å²) in [6.07, 6.45) is 0. The van der Waals surface area contributed by atoms with Crippen molar-refractivity contribution in [2.24, 2.45) is 0 Å². The largest absolute Gasteiger partial charge is 0.306 e. The Morgan fingerprint density at radius 1 is 1.33 bits per heavy atom. The number of benzene rings is 2. The molecule has 0 amide bonds. The molecule has 6 heteroatoms. The van der Waals surface area contributed by atoms with Crippen molar-refractivity contribution in [2.75, 3.05) is 0 Å². The number of nitro groups is 1. The number of hydrogen-bond acceptors (Lipinski definition) is 3. The number of nitrogens with zero attached hydrogens (tertiary/aromatic N) is 1. The second kappa shape index (κ2) is 6.65. The Balaban J connectivity index is 2.06. The van der Waals surface area contributed by atoms with Crippen molar-refractivity contribution in [3.63, 3.8) is 0 Å². The first-order valence-corrected chi connectivity index (χ1v) is 6.77. The number of halogens is 2. The first-order valence-electron chi connectivity index (χ1n) is 6.39. The summed E-state index contributed by atoms with van der Waals surface area (Å²) in [6.45, 7) is 2.33. The third kappa shape index (κ3) is 4.00. The van der Waals surface area contributed by atoms with E-state index in [1.54, 1.807) is 12.1 Å². The van der Waals surface area contributed by atoms with Gasteiger partial charge in [-0.1, -0.05) is 29.8 Å². The Morgan fingerprint density at radius 2 is 2.10 bits per heavy atom. The lowest BCUT2D eigenvalue weighted by molar-refractivity contribution is -0.384. The predicted molar refractivity (Wildman–Crippen MR) is 79.8 cm³/mol. The van der Waals surface area contributed by atoms with Gasteiger partial charge in [-0.2, -0.15) is 0 Å². The van der Waals surface area contributed by atoms with Crippen molar-refractivity contribution in [3.05, 3.63) is 74.5 Å². The van der Waals surface area contributed by atoms with Gasteiger partial charge in [0.2, 0.25) is 0 Å². The summed E-state index contributed by atoms with van der Waals surface area (Å²) in [6, 6.07) is 10.9. The molecule has 0 aliphatic carbocycles. The van der Waals surface area contributed by atoms with Crippen molar-refractivity contribution >= 4 is 17.3 Å². The molecule has 0 radical (unpaired) electrons. The van der Waals surface area contributed by atoms with Crippen LogP contribution in [0.25, 0.3) is 0 Å². The van der Waals surface area contributed by atoms with E-state index in [9.17, 15) is 14.5 Å². The van der Waals surface area contributed by atoms with Gasteiger partial charge in [0.05, 0.1) is 4.92 Å². The third-order valence-electron chi connectivity index (χ3n) is 3.17. The SMILES string of the molecule is C[C@@H](NCc1ccc(Cl)c([N+](=O)[O-])c1)c1cccc(F)c1. The smallest absolute Gasteiger partial charge is 0.288 e. The highest BCUT2D eigenvalue weighted by molar-refractivity contribution is 6.32. The normalized spacial score (nSPS) is 12.1. The second-order valence-electron chi connectivity index (χ2n) is 4.70. The van der Waals surface area contributed by atoms with Gasteiger partial charge >= 0.3 is 0 Å². The van der Waals surface area contributed by atoms with Gasteiger partial charge in [-0.15, -0.1) is 0 Å². The molecule has 0 unspecified atom stereocenters. The minimum atomic E-state index is -0.512. The fourth-order valence-corrected chi connectivity index (χ4v) is 2.16. The summed E-state index contributed by atoms with van der Waals surface area (Å²) in [5.41, 5.74) is 1.45. The molecule has 0 spiro atoms. The minimum Gasteiger partial charge on any atom is -0.306 e. The van der Waals surface area contributed by atoms with Crippen LogP contribution in [0.3, 0.4) is 0 Å². The lowest BCUT2D eigenvalue weighted by Crippen LogP contribution is -2.18. The molecule has 0 aromatic heterocycles. The summed E-state index contributed by atoms with van der Waals surface area (Å²) >= 11 is 5.76. The molecule has 0 saturated carbocycles. The molecule has 2 rings (SSSR count). The molecule has 0 bridgehead atoms. The van der Waals surface area contributed by atoms with Crippen LogP contribution in [0.5, 0.6) is 0 Å². The lowest BCUT2D eigenvalue weighted by atomic mass is 10.1. The van der Waals surface area contributed by atoms with E-state index >= 15 is 0 Å². The maximum Gasteiger partial charge on any atom is 0.288 e. The highest BCUT2D eigenvalue weighted by Gasteiger charge is 2.13. The van der Waals surface area contributed by atoms with Gasteiger partial charge in [-0.05, 0) is 36.2 Å². The molecule has 1 atom stereocenters. The van der Waals surface area contributed by atoms with Crippen molar-refractivity contribution in [1.82, 2.24) is 5.32 Å². The molecule has 0 aliphatic heterocycles. The van der Waals surface area contributed by atoms with E-state index in [-0.39, 0.29) is 22.6 Å². The average Bonchev–Trinajstić information content (AvgIpc) is 2.45. The zero-order chi connectivity index (χ0) is 15.4. The van der Waals surface area contributed by atoms with Crippen molar-refractivity contribution < 1.29 is 9.31 Å². The summed E-state index contributed by atoms with van der Waals surface area (Å²) in [7, 11) is 0. The van der Waals surface area contributed by atoms with Gasteiger partial charge in [0, 0.05) is 18.7 Å². The Labute approximate surface area is 126 Å². The van der Waals surface area contributed by atoms with Gasteiger partial charge < -0.3 is 5.32 Å². The fourth-order valence-electron chi connectivity index (χ4n) is 1.97.